The van der Waals surface area contributed by atoms with Crippen LogP contribution < -0.4 is 0 Å². The van der Waals surface area contributed by atoms with E-state index in [1.807, 2.05) is 18.3 Å². The van der Waals surface area contributed by atoms with Gasteiger partial charge in [0, 0.05) is 18.2 Å². The fourth-order valence-corrected chi connectivity index (χ4v) is 3.11. The van der Waals surface area contributed by atoms with E-state index in [0.717, 1.165) is 23.5 Å². The third kappa shape index (κ3) is 2.06. The molecule has 1 aliphatic heterocycles. The number of hydrogen-bond donors (Lipinski definition) is 0. The average molecular weight is 287 g/mol. The van der Waals surface area contributed by atoms with Crippen LogP contribution in [0.3, 0.4) is 0 Å². The number of hydrogen-bond acceptors (Lipinski definition) is 2. The van der Waals surface area contributed by atoms with Crippen molar-refractivity contribution < 1.29 is 0 Å². The van der Waals surface area contributed by atoms with Crippen LogP contribution in [0.1, 0.15) is 23.7 Å². The highest BCUT2D eigenvalue weighted by Gasteiger charge is 2.25. The zero-order valence-electron chi connectivity index (χ0n) is 12.5. The van der Waals surface area contributed by atoms with E-state index in [1.165, 1.54) is 11.1 Å². The van der Waals surface area contributed by atoms with Crippen LogP contribution in [0.25, 0.3) is 11.1 Å². The second kappa shape index (κ2) is 5.26. The molecule has 2 aromatic carbocycles. The second-order valence-electron chi connectivity index (χ2n) is 5.57. The lowest BCUT2D eigenvalue weighted by molar-refractivity contribution is 0.533. The van der Waals surface area contributed by atoms with E-state index < -0.39 is 0 Å². The van der Waals surface area contributed by atoms with Crippen molar-refractivity contribution in [1.82, 2.24) is 9.78 Å². The summed E-state index contributed by atoms with van der Waals surface area (Å²) in [4.78, 5) is 4.64. The van der Waals surface area contributed by atoms with Crippen LogP contribution in [0, 0.1) is 6.92 Å². The number of aliphatic imine (C=N–C) groups is 1. The van der Waals surface area contributed by atoms with Gasteiger partial charge in [-0.1, -0.05) is 60.7 Å². The largest absolute Gasteiger partial charge is 0.241 e. The van der Waals surface area contributed by atoms with E-state index in [1.54, 1.807) is 0 Å². The number of fused-ring (bicyclic) bond motifs is 1. The Bertz CT molecular complexity index is 817. The molecule has 22 heavy (non-hydrogen) atoms. The Morgan fingerprint density at radius 3 is 2.36 bits per heavy atom. The standard InChI is InChI=1S/C19H17N3/c1-14-18(16-10-6-3-7-11-16)19-20-13-12-17(22(19)21-14)15-8-4-2-5-9-15/h2-11,13,17H,12H2,1H3/t17-/m1/s1. The van der Waals surface area contributed by atoms with Gasteiger partial charge >= 0.3 is 0 Å². The minimum atomic E-state index is 0.227. The van der Waals surface area contributed by atoms with E-state index in [-0.39, 0.29) is 6.04 Å². The molecule has 3 aromatic rings. The van der Waals surface area contributed by atoms with E-state index in [4.69, 9.17) is 5.10 Å². The van der Waals surface area contributed by atoms with Crippen LogP contribution >= 0.6 is 0 Å². The first kappa shape index (κ1) is 13.0. The minimum Gasteiger partial charge on any atom is -0.241 e. The molecule has 0 spiro atoms. The van der Waals surface area contributed by atoms with Gasteiger partial charge in [-0.15, -0.1) is 0 Å². The molecule has 0 fully saturated rings. The molecule has 2 heterocycles. The van der Waals surface area contributed by atoms with E-state index in [9.17, 15) is 0 Å². The monoisotopic (exact) mass is 287 g/mol. The van der Waals surface area contributed by atoms with Crippen molar-refractivity contribution in [2.45, 2.75) is 19.4 Å². The maximum absolute atomic E-state index is 4.79. The lowest BCUT2D eigenvalue weighted by atomic mass is 10.0. The van der Waals surface area contributed by atoms with Crippen LogP contribution in [0.5, 0.6) is 0 Å². The van der Waals surface area contributed by atoms with Crippen molar-refractivity contribution in [1.29, 1.82) is 0 Å². The highest BCUT2D eigenvalue weighted by molar-refractivity contribution is 5.80. The molecule has 1 aromatic heterocycles. The third-order valence-electron chi connectivity index (χ3n) is 4.14. The number of benzene rings is 2. The van der Waals surface area contributed by atoms with Gasteiger partial charge in [0.05, 0.1) is 11.7 Å². The Labute approximate surface area is 130 Å². The molecule has 1 atom stereocenters. The molecule has 0 N–H and O–H groups in total. The number of rotatable bonds is 2. The first-order valence-electron chi connectivity index (χ1n) is 7.56. The summed E-state index contributed by atoms with van der Waals surface area (Å²) >= 11 is 0. The summed E-state index contributed by atoms with van der Waals surface area (Å²) in [5.74, 6) is 0.962. The quantitative estimate of drug-likeness (QED) is 0.680. The fourth-order valence-electron chi connectivity index (χ4n) is 3.11. The van der Waals surface area contributed by atoms with E-state index >= 15 is 0 Å². The summed E-state index contributed by atoms with van der Waals surface area (Å²) in [6.07, 6.45) is 2.90. The second-order valence-corrected chi connectivity index (χ2v) is 5.57. The van der Waals surface area contributed by atoms with Crippen molar-refractivity contribution in [2.24, 2.45) is 4.99 Å². The highest BCUT2D eigenvalue weighted by atomic mass is 15.3. The molecule has 0 unspecified atom stereocenters. The number of aromatic nitrogens is 2. The van der Waals surface area contributed by atoms with Gasteiger partial charge in [-0.25, -0.2) is 9.67 Å². The Balaban J connectivity index is 1.87. The highest BCUT2D eigenvalue weighted by Crippen LogP contribution is 2.39. The van der Waals surface area contributed by atoms with Gasteiger partial charge in [0.2, 0.25) is 0 Å². The summed E-state index contributed by atoms with van der Waals surface area (Å²) in [5.41, 5.74) is 4.61. The van der Waals surface area contributed by atoms with Crippen LogP contribution in [-0.2, 0) is 0 Å². The maximum atomic E-state index is 4.79. The summed E-state index contributed by atoms with van der Waals surface area (Å²) in [7, 11) is 0. The van der Waals surface area contributed by atoms with Gasteiger partial charge in [-0.05, 0) is 18.1 Å². The van der Waals surface area contributed by atoms with Crippen LogP contribution in [0.15, 0.2) is 65.7 Å². The smallest absolute Gasteiger partial charge is 0.158 e. The maximum Gasteiger partial charge on any atom is 0.158 e. The molecule has 108 valence electrons. The molecule has 3 nitrogen and oxygen atoms in total. The minimum absolute atomic E-state index is 0.227. The first-order chi connectivity index (χ1) is 10.8. The molecule has 0 radical (unpaired) electrons. The van der Waals surface area contributed by atoms with Crippen LogP contribution in [-0.4, -0.2) is 16.0 Å². The molecule has 1 aliphatic rings. The SMILES string of the molecule is Cc1nn2c(c1-c1ccccc1)N=CC[C@@H]2c1ccccc1. The molecule has 0 amide bonds. The third-order valence-corrected chi connectivity index (χ3v) is 4.14. The van der Waals surface area contributed by atoms with E-state index in [0.29, 0.717) is 0 Å². The summed E-state index contributed by atoms with van der Waals surface area (Å²) in [6, 6.07) is 21.1. The number of aryl methyl sites for hydroxylation is 1. The van der Waals surface area contributed by atoms with Crippen LogP contribution in [0.4, 0.5) is 5.82 Å². The Kier molecular flexibility index (Phi) is 3.11. The van der Waals surface area contributed by atoms with Gasteiger partial charge in [0.25, 0.3) is 0 Å². The van der Waals surface area contributed by atoms with Crippen molar-refractivity contribution in [3.63, 3.8) is 0 Å². The number of nitrogens with zero attached hydrogens (tertiary/aromatic N) is 3. The Morgan fingerprint density at radius 2 is 1.64 bits per heavy atom. The molecular weight excluding hydrogens is 270 g/mol. The predicted molar refractivity (Wildman–Crippen MR) is 89.8 cm³/mol. The molecule has 4 rings (SSSR count). The van der Waals surface area contributed by atoms with Gasteiger partial charge in [-0.2, -0.15) is 5.10 Å². The Hall–Kier alpha value is -2.68. The molecule has 0 bridgehead atoms. The molecule has 0 saturated heterocycles. The normalized spacial score (nSPS) is 16.5. The van der Waals surface area contributed by atoms with Crippen molar-refractivity contribution in [2.75, 3.05) is 0 Å². The predicted octanol–water partition coefficient (Wildman–Crippen LogP) is 4.55. The molecule has 0 saturated carbocycles. The van der Waals surface area contributed by atoms with Gasteiger partial charge in [0.15, 0.2) is 5.82 Å². The lowest BCUT2D eigenvalue weighted by Crippen LogP contribution is -2.15. The van der Waals surface area contributed by atoms with Crippen molar-refractivity contribution in [3.05, 3.63) is 71.9 Å². The summed E-state index contributed by atoms with van der Waals surface area (Å²) < 4.78 is 2.08. The van der Waals surface area contributed by atoms with Crippen molar-refractivity contribution in [3.8, 4) is 11.1 Å². The topological polar surface area (TPSA) is 30.2 Å². The van der Waals surface area contributed by atoms with Gasteiger partial charge in [0.1, 0.15) is 0 Å². The zero-order chi connectivity index (χ0) is 14.9. The summed E-state index contributed by atoms with van der Waals surface area (Å²) in [5, 5.41) is 4.79. The summed E-state index contributed by atoms with van der Waals surface area (Å²) in [6.45, 7) is 2.06. The molecule has 0 aliphatic carbocycles. The van der Waals surface area contributed by atoms with Gasteiger partial charge < -0.3 is 0 Å². The zero-order valence-corrected chi connectivity index (χ0v) is 12.5. The van der Waals surface area contributed by atoms with E-state index in [2.05, 4.69) is 65.1 Å². The van der Waals surface area contributed by atoms with Gasteiger partial charge in [-0.3, -0.25) is 0 Å². The van der Waals surface area contributed by atoms with Crippen molar-refractivity contribution >= 4 is 12.0 Å². The molecule has 3 heteroatoms. The van der Waals surface area contributed by atoms with Crippen LogP contribution in [0.2, 0.25) is 0 Å². The Morgan fingerprint density at radius 1 is 0.955 bits per heavy atom. The first-order valence-corrected chi connectivity index (χ1v) is 7.56. The molecular formula is C19H17N3. The lowest BCUT2D eigenvalue weighted by Gasteiger charge is -2.21. The average Bonchev–Trinajstić information content (AvgIpc) is 2.92. The fraction of sp³-hybridized carbons (Fsp3) is 0.158.